The number of hydrogen-bond donors (Lipinski definition) is 0. The van der Waals surface area contributed by atoms with E-state index in [2.05, 4.69) is 11.7 Å². The maximum Gasteiger partial charge on any atom is 0.573 e. The summed E-state index contributed by atoms with van der Waals surface area (Å²) in [5.41, 5.74) is 0. The van der Waals surface area contributed by atoms with Crippen LogP contribution in [0, 0.1) is 29.5 Å². The first-order chi connectivity index (χ1) is 17.1. The van der Waals surface area contributed by atoms with Crippen molar-refractivity contribution in [2.24, 2.45) is 23.7 Å². The third-order valence-electron chi connectivity index (χ3n) is 7.70. The first-order valence-corrected chi connectivity index (χ1v) is 12.5. The van der Waals surface area contributed by atoms with Gasteiger partial charge in [-0.25, -0.2) is 13.2 Å². The van der Waals surface area contributed by atoms with Gasteiger partial charge in [-0.05, 0) is 73.1 Å². The molecule has 0 aromatic heterocycles. The molecule has 0 saturated heterocycles. The number of halogens is 6. The van der Waals surface area contributed by atoms with Gasteiger partial charge in [0.2, 0.25) is 0 Å². The number of benzene rings is 2. The van der Waals surface area contributed by atoms with Gasteiger partial charge in [0, 0.05) is 5.39 Å². The van der Waals surface area contributed by atoms with Gasteiger partial charge in [0.25, 0.3) is 0 Å². The van der Waals surface area contributed by atoms with Gasteiger partial charge < -0.3 is 9.47 Å². The molecule has 2 saturated carbocycles. The van der Waals surface area contributed by atoms with Crippen molar-refractivity contribution in [2.75, 3.05) is 0 Å². The Bertz CT molecular complexity index is 1050. The number of hydrogen-bond acceptors (Lipinski definition) is 3. The molecule has 0 radical (unpaired) electrons. The van der Waals surface area contributed by atoms with E-state index in [-0.39, 0.29) is 41.2 Å². The zero-order chi connectivity index (χ0) is 26.0. The predicted molar refractivity (Wildman–Crippen MR) is 123 cm³/mol. The van der Waals surface area contributed by atoms with E-state index in [0.717, 1.165) is 44.2 Å². The summed E-state index contributed by atoms with van der Waals surface area (Å²) in [6, 6.07) is 5.51. The third kappa shape index (κ3) is 6.09. The second-order valence-corrected chi connectivity index (χ2v) is 10.1. The molecule has 2 aliphatic rings. The Morgan fingerprint density at radius 2 is 1.64 bits per heavy atom. The fourth-order valence-electron chi connectivity index (χ4n) is 5.93. The standard InChI is InChI=1S/C27H30F6O3/c1-2-3-15-4-6-16(7-5-15)18-13-21(28)24(22(29)14-18)26(34)35-19-9-10-20-17(12-19)8-11-23(25(20)30)36-27(31,32)33/h8-12,15-16,18,21-22,24H,2-7,13-14H2,1H3. The molecule has 0 bridgehead atoms. The second kappa shape index (κ2) is 10.9. The molecule has 2 aliphatic carbocycles. The van der Waals surface area contributed by atoms with Crippen molar-refractivity contribution in [3.8, 4) is 11.5 Å². The molecule has 2 aromatic carbocycles. The molecule has 2 aromatic rings. The Labute approximate surface area is 206 Å². The zero-order valence-corrected chi connectivity index (χ0v) is 20.0. The van der Waals surface area contributed by atoms with E-state index < -0.39 is 42.2 Å². The fraction of sp³-hybridized carbons (Fsp3) is 0.593. The van der Waals surface area contributed by atoms with Gasteiger partial charge in [-0.1, -0.05) is 38.7 Å². The Morgan fingerprint density at radius 1 is 0.972 bits per heavy atom. The second-order valence-electron chi connectivity index (χ2n) is 10.1. The highest BCUT2D eigenvalue weighted by molar-refractivity contribution is 5.87. The van der Waals surface area contributed by atoms with Gasteiger partial charge >= 0.3 is 12.3 Å². The number of carbonyl (C=O) groups is 1. The highest BCUT2D eigenvalue weighted by Gasteiger charge is 2.46. The van der Waals surface area contributed by atoms with Crippen LogP contribution in [0.2, 0.25) is 0 Å². The van der Waals surface area contributed by atoms with Crippen LogP contribution in [0.25, 0.3) is 10.8 Å². The van der Waals surface area contributed by atoms with Crippen LogP contribution in [0.4, 0.5) is 26.3 Å². The zero-order valence-electron chi connectivity index (χ0n) is 20.0. The van der Waals surface area contributed by atoms with Gasteiger partial charge in [-0.15, -0.1) is 13.2 Å². The van der Waals surface area contributed by atoms with Crippen LogP contribution >= 0.6 is 0 Å². The van der Waals surface area contributed by atoms with Crippen molar-refractivity contribution in [3.05, 3.63) is 36.1 Å². The van der Waals surface area contributed by atoms with Crippen molar-refractivity contribution in [1.29, 1.82) is 0 Å². The Hall–Kier alpha value is -2.45. The predicted octanol–water partition coefficient (Wildman–Crippen LogP) is 8.09. The number of ether oxygens (including phenoxy) is 2. The van der Waals surface area contributed by atoms with Gasteiger partial charge in [-0.3, -0.25) is 4.79 Å². The highest BCUT2D eigenvalue weighted by atomic mass is 19.4. The van der Waals surface area contributed by atoms with Gasteiger partial charge in [0.05, 0.1) is 0 Å². The van der Waals surface area contributed by atoms with Crippen LogP contribution in [0.5, 0.6) is 11.5 Å². The molecule has 198 valence electrons. The number of esters is 1. The third-order valence-corrected chi connectivity index (χ3v) is 7.70. The molecule has 2 atom stereocenters. The molecule has 4 rings (SSSR count). The van der Waals surface area contributed by atoms with Crippen LogP contribution in [-0.4, -0.2) is 24.7 Å². The lowest BCUT2D eigenvalue weighted by atomic mass is 9.67. The number of rotatable bonds is 6. The molecule has 9 heteroatoms. The summed E-state index contributed by atoms with van der Waals surface area (Å²) in [7, 11) is 0. The molecule has 0 spiro atoms. The minimum absolute atomic E-state index is 0.0767. The van der Waals surface area contributed by atoms with Gasteiger partial charge in [0.1, 0.15) is 24.0 Å². The summed E-state index contributed by atoms with van der Waals surface area (Å²) in [5.74, 6) is -4.02. The Kier molecular flexibility index (Phi) is 8.05. The van der Waals surface area contributed by atoms with Crippen LogP contribution in [-0.2, 0) is 4.79 Å². The number of fused-ring (bicyclic) bond motifs is 1. The molecular weight excluding hydrogens is 486 g/mol. The summed E-state index contributed by atoms with van der Waals surface area (Å²) >= 11 is 0. The quantitative estimate of drug-likeness (QED) is 0.221. The van der Waals surface area contributed by atoms with E-state index in [1.807, 2.05) is 0 Å². The average Bonchev–Trinajstić information content (AvgIpc) is 2.80. The minimum atomic E-state index is -5.05. The van der Waals surface area contributed by atoms with E-state index in [1.54, 1.807) is 0 Å². The first kappa shape index (κ1) is 26.6. The molecule has 0 N–H and O–H groups in total. The normalized spacial score (nSPS) is 29.2. The van der Waals surface area contributed by atoms with Crippen LogP contribution in [0.15, 0.2) is 30.3 Å². The fourth-order valence-corrected chi connectivity index (χ4v) is 5.93. The summed E-state index contributed by atoms with van der Waals surface area (Å²) < 4.78 is 90.7. The van der Waals surface area contributed by atoms with Crippen molar-refractivity contribution >= 4 is 16.7 Å². The Morgan fingerprint density at radius 3 is 2.25 bits per heavy atom. The highest BCUT2D eigenvalue weighted by Crippen LogP contribution is 2.44. The summed E-state index contributed by atoms with van der Waals surface area (Å²) in [4.78, 5) is 12.7. The molecule has 2 fully saturated rings. The average molecular weight is 517 g/mol. The Balaban J connectivity index is 1.39. The molecule has 0 amide bonds. The van der Waals surface area contributed by atoms with Crippen LogP contribution in [0.3, 0.4) is 0 Å². The topological polar surface area (TPSA) is 35.5 Å². The molecule has 0 heterocycles. The van der Waals surface area contributed by atoms with E-state index in [4.69, 9.17) is 4.74 Å². The lowest BCUT2D eigenvalue weighted by molar-refractivity contribution is -0.275. The van der Waals surface area contributed by atoms with E-state index in [9.17, 15) is 22.4 Å². The summed E-state index contributed by atoms with van der Waals surface area (Å²) in [6.07, 6.45) is -1.72. The smallest absolute Gasteiger partial charge is 0.426 e. The molecular formula is C27H30F6O3. The van der Waals surface area contributed by atoms with Crippen LogP contribution < -0.4 is 9.47 Å². The van der Waals surface area contributed by atoms with Crippen LogP contribution in [0.1, 0.15) is 58.3 Å². The van der Waals surface area contributed by atoms with E-state index in [0.29, 0.717) is 5.92 Å². The maximum absolute atomic E-state index is 15.0. The molecule has 0 aliphatic heterocycles. The van der Waals surface area contributed by atoms with Crippen molar-refractivity contribution < 1.29 is 40.6 Å². The molecule has 2 unspecified atom stereocenters. The SMILES string of the molecule is CCCC1CCC(C2CC(F)C(C(=O)Oc3ccc4c(F)c(OC(F)(F)F)ccc4c3)C(F)C2)CC1. The largest absolute Gasteiger partial charge is 0.573 e. The van der Waals surface area contributed by atoms with Crippen molar-refractivity contribution in [3.63, 3.8) is 0 Å². The summed E-state index contributed by atoms with van der Waals surface area (Å²) in [5, 5.41) is -0.0410. The van der Waals surface area contributed by atoms with Gasteiger partial charge in [0.15, 0.2) is 11.6 Å². The minimum Gasteiger partial charge on any atom is -0.426 e. The number of carbonyl (C=O) groups excluding carboxylic acids is 1. The van der Waals surface area contributed by atoms with E-state index >= 15 is 8.78 Å². The lowest BCUT2D eigenvalue weighted by Gasteiger charge is -2.40. The van der Waals surface area contributed by atoms with Crippen molar-refractivity contribution in [2.45, 2.75) is 77.0 Å². The maximum atomic E-state index is 15.0. The van der Waals surface area contributed by atoms with Crippen molar-refractivity contribution in [1.82, 2.24) is 0 Å². The monoisotopic (exact) mass is 516 g/mol. The van der Waals surface area contributed by atoms with E-state index in [1.165, 1.54) is 24.6 Å². The van der Waals surface area contributed by atoms with Gasteiger partial charge in [-0.2, -0.15) is 0 Å². The first-order valence-electron chi connectivity index (χ1n) is 12.5. The molecule has 3 nitrogen and oxygen atoms in total. The lowest BCUT2D eigenvalue weighted by Crippen LogP contribution is -2.44. The molecule has 36 heavy (non-hydrogen) atoms. The summed E-state index contributed by atoms with van der Waals surface area (Å²) in [6.45, 7) is 2.16. The number of alkyl halides is 5.